The summed E-state index contributed by atoms with van der Waals surface area (Å²) >= 11 is 1.09. The third kappa shape index (κ3) is 7.30. The van der Waals surface area contributed by atoms with Crippen LogP contribution in [0.1, 0.15) is 22.3 Å². The highest BCUT2D eigenvalue weighted by atomic mass is 32.2. The van der Waals surface area contributed by atoms with Crippen molar-refractivity contribution in [3.63, 3.8) is 0 Å². The Kier molecular flexibility index (Phi) is 8.93. The third-order valence-electron chi connectivity index (χ3n) is 6.90. The quantitative estimate of drug-likeness (QED) is 0.240. The van der Waals surface area contributed by atoms with Crippen molar-refractivity contribution in [3.05, 3.63) is 69.8 Å². The number of aromatic nitrogens is 2. The van der Waals surface area contributed by atoms with Gasteiger partial charge in [0.05, 0.1) is 54.6 Å². The number of nitrogens with zero attached hydrogens (tertiary/aromatic N) is 4. The molecule has 5 rings (SSSR count). The number of thioether (sulfide) groups is 1. The van der Waals surface area contributed by atoms with E-state index in [-0.39, 0.29) is 36.2 Å². The number of carbonyl (C=O) groups is 3. The maximum absolute atomic E-state index is 13.6. The summed E-state index contributed by atoms with van der Waals surface area (Å²) in [5, 5.41) is 7.44. The molecule has 3 aromatic rings. The van der Waals surface area contributed by atoms with Crippen molar-refractivity contribution in [2.45, 2.75) is 25.0 Å². The largest absolute Gasteiger partial charge is 0.468 e. The predicted molar refractivity (Wildman–Crippen MR) is 150 cm³/mol. The molecule has 1 aromatic heterocycles. The van der Waals surface area contributed by atoms with E-state index in [4.69, 9.17) is 4.74 Å². The van der Waals surface area contributed by atoms with Crippen LogP contribution in [-0.4, -0.2) is 77.1 Å². The number of fused-ring (bicyclic) bond motifs is 1. The number of rotatable bonds is 6. The van der Waals surface area contributed by atoms with Crippen LogP contribution in [0.25, 0.3) is 17.0 Å². The maximum atomic E-state index is 13.6. The Morgan fingerprint density at radius 3 is 2.62 bits per heavy atom. The minimum atomic E-state index is -5.01. The standard InChI is InChI=1S/C28H23F6N5O5S/c1-43-23(40)12-35-24(41)21-14-38(6-7-44-21)26-37-25(42)22(45-26)9-15-2-5-20-17(8-15)11-36-39(20)13-16-3-4-18(27(29,30)31)10-19(16)28(32,33)34/h2-5,8-11,21H,6-7,12-14H2,1H3,(H,35,41). The zero-order valence-electron chi connectivity index (χ0n) is 23.2. The number of hydrogen-bond acceptors (Lipinski definition) is 8. The molecular formula is C28H23F6N5O5S. The Hall–Kier alpha value is -4.38. The molecule has 0 radical (unpaired) electrons. The van der Waals surface area contributed by atoms with Crippen LogP contribution in [0, 0.1) is 0 Å². The van der Waals surface area contributed by atoms with Crippen LogP contribution in [0.15, 0.2) is 52.5 Å². The van der Waals surface area contributed by atoms with Gasteiger partial charge in [0.2, 0.25) is 0 Å². The number of esters is 1. The molecule has 1 atom stereocenters. The fourth-order valence-electron chi connectivity index (χ4n) is 4.65. The highest BCUT2D eigenvalue weighted by molar-refractivity contribution is 8.18. The van der Waals surface area contributed by atoms with E-state index in [1.807, 2.05) is 0 Å². The summed E-state index contributed by atoms with van der Waals surface area (Å²) in [6, 6.07) is 6.35. The van der Waals surface area contributed by atoms with Gasteiger partial charge in [-0.05, 0) is 53.2 Å². The van der Waals surface area contributed by atoms with Crippen molar-refractivity contribution in [1.82, 2.24) is 20.0 Å². The van der Waals surface area contributed by atoms with Crippen molar-refractivity contribution in [2.75, 3.05) is 33.4 Å². The van der Waals surface area contributed by atoms with Crippen LogP contribution in [0.4, 0.5) is 26.3 Å². The molecule has 1 saturated heterocycles. The Morgan fingerprint density at radius 2 is 1.91 bits per heavy atom. The molecule has 2 aliphatic heterocycles. The van der Waals surface area contributed by atoms with Crippen molar-refractivity contribution >= 4 is 51.7 Å². The summed E-state index contributed by atoms with van der Waals surface area (Å²) in [5.41, 5.74) is -2.18. The minimum absolute atomic E-state index is 0.0922. The monoisotopic (exact) mass is 655 g/mol. The molecule has 1 N–H and O–H groups in total. The normalized spacial score (nSPS) is 18.4. The van der Waals surface area contributed by atoms with Crippen molar-refractivity contribution in [1.29, 1.82) is 0 Å². The Bertz CT molecular complexity index is 1720. The highest BCUT2D eigenvalue weighted by Crippen LogP contribution is 2.38. The predicted octanol–water partition coefficient (Wildman–Crippen LogP) is 4.08. The van der Waals surface area contributed by atoms with E-state index < -0.39 is 53.9 Å². The molecule has 10 nitrogen and oxygen atoms in total. The van der Waals surface area contributed by atoms with E-state index >= 15 is 0 Å². The van der Waals surface area contributed by atoms with Gasteiger partial charge in [0.1, 0.15) is 6.54 Å². The first-order valence-electron chi connectivity index (χ1n) is 13.2. The fraction of sp³-hybridized carbons (Fsp3) is 0.321. The van der Waals surface area contributed by atoms with Gasteiger partial charge >= 0.3 is 18.3 Å². The molecule has 17 heteroatoms. The summed E-state index contributed by atoms with van der Waals surface area (Å²) in [6.07, 6.45) is -7.85. The van der Waals surface area contributed by atoms with Crippen LogP contribution in [0.3, 0.4) is 0 Å². The van der Waals surface area contributed by atoms with Crippen LogP contribution in [-0.2, 0) is 42.8 Å². The maximum Gasteiger partial charge on any atom is 0.416 e. The van der Waals surface area contributed by atoms with E-state index in [2.05, 4.69) is 20.1 Å². The summed E-state index contributed by atoms with van der Waals surface area (Å²) in [5.74, 6) is -1.64. The van der Waals surface area contributed by atoms with Gasteiger partial charge in [0, 0.05) is 11.9 Å². The summed E-state index contributed by atoms with van der Waals surface area (Å²) in [6.45, 7) is -0.0968. The number of amidine groups is 1. The Morgan fingerprint density at radius 1 is 1.13 bits per heavy atom. The molecule has 0 bridgehead atoms. The zero-order valence-corrected chi connectivity index (χ0v) is 24.1. The van der Waals surface area contributed by atoms with E-state index in [1.54, 1.807) is 29.2 Å². The lowest BCUT2D eigenvalue weighted by Gasteiger charge is -2.32. The number of hydrogen-bond donors (Lipinski definition) is 1. The molecule has 1 fully saturated rings. The van der Waals surface area contributed by atoms with E-state index in [1.165, 1.54) is 18.0 Å². The summed E-state index contributed by atoms with van der Waals surface area (Å²) < 4.78 is 91.2. The molecule has 1 unspecified atom stereocenters. The van der Waals surface area contributed by atoms with Gasteiger partial charge in [-0.2, -0.15) is 36.4 Å². The van der Waals surface area contributed by atoms with Gasteiger partial charge in [-0.3, -0.25) is 19.1 Å². The first-order chi connectivity index (χ1) is 21.2. The summed E-state index contributed by atoms with van der Waals surface area (Å²) in [7, 11) is 1.19. The molecular weight excluding hydrogens is 632 g/mol. The van der Waals surface area contributed by atoms with Crippen LogP contribution < -0.4 is 5.32 Å². The Labute approximate surface area is 255 Å². The lowest BCUT2D eigenvalue weighted by Crippen LogP contribution is -2.51. The number of ether oxygens (including phenoxy) is 2. The second-order valence-corrected chi connectivity index (χ2v) is 10.9. The number of carbonyl (C=O) groups excluding carboxylic acids is 3. The van der Waals surface area contributed by atoms with Crippen LogP contribution >= 0.6 is 11.8 Å². The van der Waals surface area contributed by atoms with Crippen molar-refractivity contribution in [2.24, 2.45) is 4.99 Å². The average Bonchev–Trinajstić information content (AvgIpc) is 3.57. The van der Waals surface area contributed by atoms with E-state index in [0.29, 0.717) is 34.2 Å². The molecule has 2 aliphatic rings. The average molecular weight is 656 g/mol. The molecule has 0 aliphatic carbocycles. The fourth-order valence-corrected chi connectivity index (χ4v) is 5.60. The molecule has 0 spiro atoms. The van der Waals surface area contributed by atoms with Gasteiger partial charge in [0.15, 0.2) is 11.3 Å². The van der Waals surface area contributed by atoms with E-state index in [0.717, 1.165) is 17.8 Å². The third-order valence-corrected chi connectivity index (χ3v) is 7.94. The number of halogens is 6. The van der Waals surface area contributed by atoms with E-state index in [9.17, 15) is 40.7 Å². The zero-order chi connectivity index (χ0) is 32.5. The molecule has 3 heterocycles. The van der Waals surface area contributed by atoms with Crippen molar-refractivity contribution in [3.8, 4) is 0 Å². The number of methoxy groups -OCH3 is 1. The Balaban J connectivity index is 1.29. The molecule has 2 aromatic carbocycles. The van der Waals surface area contributed by atoms with Gasteiger partial charge in [-0.25, -0.2) is 0 Å². The SMILES string of the molecule is COC(=O)CNC(=O)C1CN(C2=NC(=O)C(=Cc3ccc4c(cnn4Cc4ccc(C(F)(F)F)cc4C(F)(F)F)c3)S2)CCO1. The highest BCUT2D eigenvalue weighted by Gasteiger charge is 2.38. The molecule has 0 saturated carbocycles. The van der Waals surface area contributed by atoms with Crippen LogP contribution in [0.2, 0.25) is 0 Å². The molecule has 45 heavy (non-hydrogen) atoms. The smallest absolute Gasteiger partial charge is 0.416 e. The van der Waals surface area contributed by atoms with Gasteiger partial charge in [0.25, 0.3) is 11.8 Å². The number of benzene rings is 2. The number of alkyl halides is 6. The first-order valence-corrected chi connectivity index (χ1v) is 14.0. The number of nitrogens with one attached hydrogen (secondary N) is 1. The second kappa shape index (κ2) is 12.5. The lowest BCUT2D eigenvalue weighted by molar-refractivity contribution is -0.144. The number of morpholine rings is 1. The number of aliphatic imine (C=N–C) groups is 1. The van der Waals surface area contributed by atoms with Gasteiger partial charge in [-0.1, -0.05) is 12.1 Å². The van der Waals surface area contributed by atoms with Gasteiger partial charge < -0.3 is 19.7 Å². The minimum Gasteiger partial charge on any atom is -0.468 e. The van der Waals surface area contributed by atoms with Crippen LogP contribution in [0.5, 0.6) is 0 Å². The van der Waals surface area contributed by atoms with Gasteiger partial charge in [-0.15, -0.1) is 0 Å². The lowest BCUT2D eigenvalue weighted by atomic mass is 10.0. The topological polar surface area (TPSA) is 115 Å². The number of amides is 2. The van der Waals surface area contributed by atoms with Crippen molar-refractivity contribution < 1.29 is 50.2 Å². The second-order valence-electron chi connectivity index (χ2n) is 9.90. The molecule has 2 amide bonds. The molecule has 238 valence electrons. The first kappa shape index (κ1) is 32.0. The summed E-state index contributed by atoms with van der Waals surface area (Å²) in [4.78, 5) is 42.5.